The molecule has 0 saturated heterocycles. The van der Waals surface area contributed by atoms with Gasteiger partial charge in [0.05, 0.1) is 0 Å². The Hall–Kier alpha value is -1.44. The smallest absolute Gasteiger partial charge is 0.394 e. The lowest BCUT2D eigenvalue weighted by Gasteiger charge is -1.82. The number of hydrogen-bond acceptors (Lipinski definition) is 4. The highest BCUT2D eigenvalue weighted by molar-refractivity contribution is 7.79. The van der Waals surface area contributed by atoms with Gasteiger partial charge in [0.15, 0.2) is 0 Å². The molecule has 0 aliphatic heterocycles. The van der Waals surface area contributed by atoms with Crippen LogP contribution < -0.4 is 0 Å². The third-order valence-electron chi connectivity index (χ3n) is 0.756. The fourth-order valence-electron chi connectivity index (χ4n) is 0.428. The molecular formula is C7H10O6S. The fourth-order valence-corrected chi connectivity index (χ4v) is 0.428. The van der Waals surface area contributed by atoms with Crippen molar-refractivity contribution in [2.24, 2.45) is 0 Å². The van der Waals surface area contributed by atoms with Gasteiger partial charge in [-0.05, 0) is 12.1 Å². The molecule has 1 aromatic rings. The highest BCUT2D eigenvalue weighted by Gasteiger charge is 1.84. The highest BCUT2D eigenvalue weighted by atomic mass is 32.3. The van der Waals surface area contributed by atoms with E-state index in [0.29, 0.717) is 5.75 Å². The van der Waals surface area contributed by atoms with E-state index in [2.05, 4.69) is 0 Å². The van der Waals surface area contributed by atoms with E-state index in [1.807, 2.05) is 12.9 Å². The topological polar surface area (TPSA) is 112 Å². The minimum Gasteiger partial charge on any atom is -0.508 e. The van der Waals surface area contributed by atoms with Crippen molar-refractivity contribution in [1.82, 2.24) is 0 Å². The zero-order chi connectivity index (χ0) is 11.6. The average Bonchev–Trinajstić information content (AvgIpc) is 2.06. The summed E-state index contributed by atoms with van der Waals surface area (Å²) in [5.41, 5.74) is 0. The molecule has 7 heteroatoms. The van der Waals surface area contributed by atoms with Gasteiger partial charge in [-0.1, -0.05) is 18.2 Å². The zero-order valence-electron chi connectivity index (χ0n) is 7.07. The van der Waals surface area contributed by atoms with Gasteiger partial charge in [-0.25, -0.2) is 0 Å². The Labute approximate surface area is 81.4 Å². The van der Waals surface area contributed by atoms with Gasteiger partial charge in [-0.2, -0.15) is 8.42 Å². The molecule has 0 saturated carbocycles. The first-order chi connectivity index (χ1) is 6.39. The summed E-state index contributed by atoms with van der Waals surface area (Å²) >= 11 is 0. The number of carbonyl (C=O) groups excluding carboxylic acids is 1. The van der Waals surface area contributed by atoms with Crippen molar-refractivity contribution in [1.29, 1.82) is 0 Å². The summed E-state index contributed by atoms with van der Waals surface area (Å²) < 4.78 is 31.6. The second kappa shape index (κ2) is 8.17. The number of carbonyl (C=O) groups is 1. The number of phenolic OH excluding ortho intramolecular Hbond substituents is 1. The van der Waals surface area contributed by atoms with E-state index in [4.69, 9.17) is 27.4 Å². The van der Waals surface area contributed by atoms with Gasteiger partial charge in [-0.3, -0.25) is 9.11 Å². The van der Waals surface area contributed by atoms with E-state index in [-0.39, 0.29) is 0 Å². The Balaban J connectivity index is 0. The molecular weight excluding hydrogens is 212 g/mol. The summed E-state index contributed by atoms with van der Waals surface area (Å²) in [6.07, 6.45) is 0. The van der Waals surface area contributed by atoms with E-state index in [0.717, 1.165) is 0 Å². The SMILES string of the molecule is C=O.O=S(=O)(O)O.Oc1ccccc1. The summed E-state index contributed by atoms with van der Waals surface area (Å²) in [6.45, 7) is 2.00. The second-order valence-electron chi connectivity index (χ2n) is 1.78. The van der Waals surface area contributed by atoms with Crippen LogP contribution in [0.2, 0.25) is 0 Å². The van der Waals surface area contributed by atoms with Gasteiger partial charge in [0.25, 0.3) is 0 Å². The minimum absolute atomic E-state index is 0.322. The first-order valence-corrected chi connectivity index (χ1v) is 4.52. The van der Waals surface area contributed by atoms with Gasteiger partial charge < -0.3 is 9.90 Å². The van der Waals surface area contributed by atoms with Crippen LogP contribution >= 0.6 is 0 Å². The summed E-state index contributed by atoms with van der Waals surface area (Å²) in [5, 5.41) is 8.63. The average molecular weight is 222 g/mol. The van der Waals surface area contributed by atoms with Crippen molar-refractivity contribution in [3.63, 3.8) is 0 Å². The van der Waals surface area contributed by atoms with E-state index >= 15 is 0 Å². The molecule has 0 aromatic heterocycles. The predicted octanol–water partition coefficient (Wildman–Crippen LogP) is 0.555. The summed E-state index contributed by atoms with van der Waals surface area (Å²) in [6, 6.07) is 8.71. The number of aromatic hydroxyl groups is 1. The Morgan fingerprint density at radius 3 is 1.43 bits per heavy atom. The van der Waals surface area contributed by atoms with Crippen molar-refractivity contribution in [3.8, 4) is 5.75 Å². The maximum Gasteiger partial charge on any atom is 0.394 e. The third-order valence-corrected chi connectivity index (χ3v) is 0.756. The van der Waals surface area contributed by atoms with Crippen LogP contribution in [0.5, 0.6) is 5.75 Å². The molecule has 0 atom stereocenters. The summed E-state index contributed by atoms with van der Waals surface area (Å²) in [7, 11) is -4.67. The van der Waals surface area contributed by atoms with Crippen molar-refractivity contribution in [2.75, 3.05) is 0 Å². The van der Waals surface area contributed by atoms with E-state index in [1.54, 1.807) is 24.3 Å². The van der Waals surface area contributed by atoms with Gasteiger partial charge in [0.1, 0.15) is 12.5 Å². The number of hydrogen-bond donors (Lipinski definition) is 3. The molecule has 1 rings (SSSR count). The second-order valence-corrected chi connectivity index (χ2v) is 2.68. The van der Waals surface area contributed by atoms with Crippen molar-refractivity contribution < 1.29 is 27.4 Å². The maximum absolute atomic E-state index is 8.74. The molecule has 0 amide bonds. The van der Waals surface area contributed by atoms with Gasteiger partial charge in [-0.15, -0.1) is 0 Å². The Morgan fingerprint density at radius 2 is 1.29 bits per heavy atom. The van der Waals surface area contributed by atoms with Crippen molar-refractivity contribution in [3.05, 3.63) is 30.3 Å². The third kappa shape index (κ3) is 22.4. The minimum atomic E-state index is -4.67. The van der Waals surface area contributed by atoms with E-state index in [9.17, 15) is 0 Å². The van der Waals surface area contributed by atoms with Crippen LogP contribution in [0.4, 0.5) is 0 Å². The quantitative estimate of drug-likeness (QED) is 0.553. The molecule has 3 N–H and O–H groups in total. The zero-order valence-corrected chi connectivity index (χ0v) is 7.88. The van der Waals surface area contributed by atoms with Crippen LogP contribution in [0.1, 0.15) is 0 Å². The van der Waals surface area contributed by atoms with Gasteiger partial charge in [0.2, 0.25) is 0 Å². The first-order valence-electron chi connectivity index (χ1n) is 3.12. The predicted molar refractivity (Wildman–Crippen MR) is 49.4 cm³/mol. The van der Waals surface area contributed by atoms with Crippen LogP contribution in [0, 0.1) is 0 Å². The van der Waals surface area contributed by atoms with Gasteiger partial charge in [0, 0.05) is 0 Å². The van der Waals surface area contributed by atoms with Crippen LogP contribution in [-0.2, 0) is 15.2 Å². The van der Waals surface area contributed by atoms with Crippen LogP contribution in [0.15, 0.2) is 30.3 Å². The lowest BCUT2D eigenvalue weighted by atomic mass is 10.3. The van der Waals surface area contributed by atoms with E-state index < -0.39 is 10.4 Å². The standard InChI is InChI=1S/C6H6O.CH2O.H2O4S/c7-6-4-2-1-3-5-6;1-2;1-5(2,3)4/h1-5,7H;1H2;(H2,1,2,3,4). The molecule has 0 spiro atoms. The maximum atomic E-state index is 8.74. The monoisotopic (exact) mass is 222 g/mol. The molecule has 0 fully saturated rings. The summed E-state index contributed by atoms with van der Waals surface area (Å²) in [5.74, 6) is 0.322. The Bertz CT molecular complexity index is 311. The highest BCUT2D eigenvalue weighted by Crippen LogP contribution is 2.02. The molecule has 0 unspecified atom stereocenters. The molecule has 80 valence electrons. The molecule has 0 aliphatic rings. The lowest BCUT2D eigenvalue weighted by Crippen LogP contribution is -1.89. The van der Waals surface area contributed by atoms with Crippen LogP contribution in [-0.4, -0.2) is 29.4 Å². The molecule has 1 aromatic carbocycles. The Morgan fingerprint density at radius 1 is 1.00 bits per heavy atom. The van der Waals surface area contributed by atoms with Gasteiger partial charge >= 0.3 is 10.4 Å². The molecule has 14 heavy (non-hydrogen) atoms. The number of para-hydroxylation sites is 1. The lowest BCUT2D eigenvalue weighted by molar-refractivity contribution is -0.0980. The van der Waals surface area contributed by atoms with Crippen LogP contribution in [0.3, 0.4) is 0 Å². The van der Waals surface area contributed by atoms with Crippen molar-refractivity contribution >= 4 is 17.2 Å². The Kier molecular flexibility index (Phi) is 8.79. The molecule has 0 heterocycles. The first kappa shape index (κ1) is 15.1. The largest absolute Gasteiger partial charge is 0.508 e. The molecule has 0 bridgehead atoms. The van der Waals surface area contributed by atoms with Crippen molar-refractivity contribution in [2.45, 2.75) is 0 Å². The van der Waals surface area contributed by atoms with E-state index in [1.165, 1.54) is 0 Å². The number of phenols is 1. The molecule has 6 nitrogen and oxygen atoms in total. The van der Waals surface area contributed by atoms with Crippen LogP contribution in [0.25, 0.3) is 0 Å². The number of rotatable bonds is 0. The summed E-state index contributed by atoms with van der Waals surface area (Å²) in [4.78, 5) is 8.00. The fraction of sp³-hybridized carbons (Fsp3) is 0. The molecule has 0 radical (unpaired) electrons. The molecule has 0 aliphatic carbocycles. The number of benzene rings is 1. The normalized spacial score (nSPS) is 8.71.